The van der Waals surface area contributed by atoms with Crippen LogP contribution in [0, 0.1) is 0 Å². The average molecular weight is 251 g/mol. The molecule has 0 aliphatic carbocycles. The van der Waals surface area contributed by atoms with Crippen LogP contribution in [0.2, 0.25) is 0 Å². The third-order valence-electron chi connectivity index (χ3n) is 1.66. The quantitative estimate of drug-likeness (QED) is 0.803. The number of alkyl halides is 3. The van der Waals surface area contributed by atoms with E-state index >= 15 is 0 Å². The van der Waals surface area contributed by atoms with Crippen LogP contribution < -0.4 is 10.5 Å². The van der Waals surface area contributed by atoms with Crippen molar-refractivity contribution < 1.29 is 22.6 Å². The molecule has 0 unspecified atom stereocenters. The van der Waals surface area contributed by atoms with Crippen LogP contribution in [-0.4, -0.2) is 29.8 Å². The first-order valence-corrected chi connectivity index (χ1v) is 4.85. The zero-order chi connectivity index (χ0) is 12.9. The number of rotatable bonds is 5. The number of hydrogen-bond acceptors (Lipinski definition) is 5. The molecular formula is C9H12F3N3O2. The van der Waals surface area contributed by atoms with Gasteiger partial charge in [-0.15, -0.1) is 0 Å². The van der Waals surface area contributed by atoms with Crippen molar-refractivity contribution in [1.29, 1.82) is 0 Å². The van der Waals surface area contributed by atoms with E-state index in [0.717, 1.165) is 6.07 Å². The molecule has 2 N–H and O–H groups in total. The van der Waals surface area contributed by atoms with Crippen LogP contribution in [0.5, 0.6) is 5.88 Å². The van der Waals surface area contributed by atoms with Gasteiger partial charge >= 0.3 is 6.18 Å². The Morgan fingerprint density at radius 1 is 1.29 bits per heavy atom. The molecule has 5 nitrogen and oxygen atoms in total. The SMILES string of the molecule is CCOCCOc1cc(N)nc(C(F)(F)F)n1. The molecule has 0 amide bonds. The second-order valence-corrected chi connectivity index (χ2v) is 3.00. The van der Waals surface area contributed by atoms with Gasteiger partial charge < -0.3 is 15.2 Å². The van der Waals surface area contributed by atoms with E-state index in [1.54, 1.807) is 6.92 Å². The zero-order valence-corrected chi connectivity index (χ0v) is 9.12. The lowest BCUT2D eigenvalue weighted by Crippen LogP contribution is -2.14. The molecule has 0 spiro atoms. The van der Waals surface area contributed by atoms with E-state index in [9.17, 15) is 13.2 Å². The van der Waals surface area contributed by atoms with Crippen molar-refractivity contribution in [3.63, 3.8) is 0 Å². The van der Waals surface area contributed by atoms with E-state index in [1.165, 1.54) is 0 Å². The summed E-state index contributed by atoms with van der Waals surface area (Å²) < 4.78 is 46.9. The normalized spacial score (nSPS) is 11.5. The summed E-state index contributed by atoms with van der Waals surface area (Å²) in [5, 5.41) is 0. The van der Waals surface area contributed by atoms with Gasteiger partial charge in [0.2, 0.25) is 11.7 Å². The number of hydrogen-bond donors (Lipinski definition) is 1. The smallest absolute Gasteiger partial charge is 0.451 e. The van der Waals surface area contributed by atoms with Gasteiger partial charge in [0.25, 0.3) is 0 Å². The number of aromatic nitrogens is 2. The molecule has 1 aromatic heterocycles. The Morgan fingerprint density at radius 3 is 2.59 bits per heavy atom. The van der Waals surface area contributed by atoms with E-state index < -0.39 is 12.0 Å². The Kier molecular flexibility index (Phi) is 4.50. The van der Waals surface area contributed by atoms with Gasteiger partial charge in [-0.05, 0) is 6.92 Å². The third-order valence-corrected chi connectivity index (χ3v) is 1.66. The van der Waals surface area contributed by atoms with Gasteiger partial charge in [0, 0.05) is 12.7 Å². The lowest BCUT2D eigenvalue weighted by Gasteiger charge is -2.09. The Bertz CT molecular complexity index is 371. The molecule has 0 saturated heterocycles. The molecule has 1 aromatic rings. The zero-order valence-electron chi connectivity index (χ0n) is 9.12. The van der Waals surface area contributed by atoms with Crippen molar-refractivity contribution in [2.45, 2.75) is 13.1 Å². The van der Waals surface area contributed by atoms with Gasteiger partial charge in [-0.25, -0.2) is 4.98 Å². The summed E-state index contributed by atoms with van der Waals surface area (Å²) >= 11 is 0. The fourth-order valence-corrected chi connectivity index (χ4v) is 0.993. The third kappa shape index (κ3) is 4.43. The predicted octanol–water partition coefficient (Wildman–Crippen LogP) is 1.49. The topological polar surface area (TPSA) is 70.3 Å². The molecule has 96 valence electrons. The summed E-state index contributed by atoms with van der Waals surface area (Å²) in [5.74, 6) is -1.83. The standard InChI is InChI=1S/C9H12F3N3O2/c1-2-16-3-4-17-7-5-6(13)14-8(15-7)9(10,11)12/h5H,2-4H2,1H3,(H2,13,14,15). The minimum absolute atomic E-state index is 0.0988. The van der Waals surface area contributed by atoms with Crippen molar-refractivity contribution >= 4 is 5.82 Å². The minimum atomic E-state index is -4.65. The second-order valence-electron chi connectivity index (χ2n) is 3.00. The van der Waals surface area contributed by atoms with Crippen LogP contribution in [0.15, 0.2) is 6.07 Å². The Labute approximate surface area is 95.8 Å². The van der Waals surface area contributed by atoms with Crippen molar-refractivity contribution in [2.24, 2.45) is 0 Å². The van der Waals surface area contributed by atoms with Crippen molar-refractivity contribution in [2.75, 3.05) is 25.6 Å². The van der Waals surface area contributed by atoms with Crippen LogP contribution in [0.25, 0.3) is 0 Å². The first kappa shape index (κ1) is 13.5. The van der Waals surface area contributed by atoms with Crippen molar-refractivity contribution in [3.8, 4) is 5.88 Å². The number of anilines is 1. The highest BCUT2D eigenvalue weighted by Crippen LogP contribution is 2.28. The predicted molar refractivity (Wildman–Crippen MR) is 53.4 cm³/mol. The summed E-state index contributed by atoms with van der Waals surface area (Å²) in [5.41, 5.74) is 5.22. The summed E-state index contributed by atoms with van der Waals surface area (Å²) in [6.07, 6.45) is -4.65. The number of nitrogen functional groups attached to an aromatic ring is 1. The molecule has 0 bridgehead atoms. The maximum Gasteiger partial charge on any atom is 0.451 e. The fourth-order valence-electron chi connectivity index (χ4n) is 0.993. The molecule has 0 aromatic carbocycles. The first-order valence-electron chi connectivity index (χ1n) is 4.85. The fraction of sp³-hybridized carbons (Fsp3) is 0.556. The molecule has 0 radical (unpaired) electrons. The van der Waals surface area contributed by atoms with Gasteiger partial charge in [-0.1, -0.05) is 0 Å². The highest BCUT2D eigenvalue weighted by molar-refractivity contribution is 5.33. The molecule has 1 heterocycles. The maximum absolute atomic E-state index is 12.3. The number of nitrogens with two attached hydrogens (primary N) is 1. The van der Waals surface area contributed by atoms with Gasteiger partial charge in [-0.2, -0.15) is 18.2 Å². The molecule has 0 saturated carbocycles. The van der Waals surface area contributed by atoms with Gasteiger partial charge in [0.1, 0.15) is 12.4 Å². The number of halogens is 3. The second kappa shape index (κ2) is 5.67. The largest absolute Gasteiger partial charge is 0.475 e. The summed E-state index contributed by atoms with van der Waals surface area (Å²) in [6.45, 7) is 2.66. The highest BCUT2D eigenvalue weighted by atomic mass is 19.4. The van der Waals surface area contributed by atoms with Crippen LogP contribution in [0.1, 0.15) is 12.7 Å². The van der Waals surface area contributed by atoms with E-state index in [0.29, 0.717) is 6.61 Å². The lowest BCUT2D eigenvalue weighted by molar-refractivity contribution is -0.145. The van der Waals surface area contributed by atoms with E-state index in [1.807, 2.05) is 0 Å². The first-order chi connectivity index (χ1) is 7.93. The van der Waals surface area contributed by atoms with Crippen LogP contribution >= 0.6 is 0 Å². The highest BCUT2D eigenvalue weighted by Gasteiger charge is 2.35. The Hall–Kier alpha value is -1.57. The maximum atomic E-state index is 12.3. The molecular weight excluding hydrogens is 239 g/mol. The van der Waals surface area contributed by atoms with Crippen LogP contribution in [0.4, 0.5) is 19.0 Å². The molecule has 0 aliphatic heterocycles. The lowest BCUT2D eigenvalue weighted by atomic mass is 10.5. The van der Waals surface area contributed by atoms with Crippen LogP contribution in [-0.2, 0) is 10.9 Å². The minimum Gasteiger partial charge on any atom is -0.475 e. The van der Waals surface area contributed by atoms with Gasteiger partial charge in [0.05, 0.1) is 6.61 Å². The molecule has 0 fully saturated rings. The summed E-state index contributed by atoms with van der Waals surface area (Å²) in [4.78, 5) is 6.29. The molecule has 17 heavy (non-hydrogen) atoms. The van der Waals surface area contributed by atoms with Gasteiger partial charge in [-0.3, -0.25) is 0 Å². The molecule has 0 aliphatic rings. The monoisotopic (exact) mass is 251 g/mol. The Balaban J connectivity index is 2.69. The van der Waals surface area contributed by atoms with Crippen molar-refractivity contribution in [1.82, 2.24) is 9.97 Å². The van der Waals surface area contributed by atoms with E-state index in [2.05, 4.69) is 9.97 Å². The number of ether oxygens (including phenoxy) is 2. The molecule has 8 heteroatoms. The average Bonchev–Trinajstić information content (AvgIpc) is 2.22. The summed E-state index contributed by atoms with van der Waals surface area (Å²) in [7, 11) is 0. The van der Waals surface area contributed by atoms with Crippen LogP contribution in [0.3, 0.4) is 0 Å². The molecule has 0 atom stereocenters. The number of nitrogens with zero attached hydrogens (tertiary/aromatic N) is 2. The Morgan fingerprint density at radius 2 is 2.00 bits per heavy atom. The van der Waals surface area contributed by atoms with E-state index in [4.69, 9.17) is 15.2 Å². The molecule has 1 rings (SSSR count). The van der Waals surface area contributed by atoms with Gasteiger partial charge in [0.15, 0.2) is 0 Å². The van der Waals surface area contributed by atoms with E-state index in [-0.39, 0.29) is 24.9 Å². The van der Waals surface area contributed by atoms with Crippen molar-refractivity contribution in [3.05, 3.63) is 11.9 Å². The summed E-state index contributed by atoms with van der Waals surface area (Å²) in [6, 6.07) is 1.13.